The zero-order valence-corrected chi connectivity index (χ0v) is 15.5. The Morgan fingerprint density at radius 2 is 1.95 bits per heavy atom. The molecule has 0 spiro atoms. The van der Waals surface area contributed by atoms with Crippen molar-refractivity contribution in [3.8, 4) is 0 Å². The minimum absolute atomic E-state index is 0. The summed E-state index contributed by atoms with van der Waals surface area (Å²) in [4.78, 5) is 16.4. The molecular weight excluding hydrogens is 343 g/mol. The Morgan fingerprint density at radius 1 is 1.27 bits per heavy atom. The molecule has 6 heteroatoms. The molecule has 3 nitrogen and oxygen atoms in total. The van der Waals surface area contributed by atoms with Crippen LogP contribution in [0.15, 0.2) is 18.2 Å². The highest BCUT2D eigenvalue weighted by Crippen LogP contribution is 2.32. The van der Waals surface area contributed by atoms with Gasteiger partial charge in [0.1, 0.15) is 5.78 Å². The molecule has 0 amide bonds. The van der Waals surface area contributed by atoms with E-state index in [0.717, 1.165) is 31.5 Å². The van der Waals surface area contributed by atoms with Gasteiger partial charge in [-0.3, -0.25) is 9.69 Å². The van der Waals surface area contributed by atoms with E-state index in [1.54, 1.807) is 6.92 Å². The Morgan fingerprint density at radius 3 is 2.50 bits per heavy atom. The van der Waals surface area contributed by atoms with Gasteiger partial charge in [0.25, 0.3) is 0 Å². The van der Waals surface area contributed by atoms with Crippen LogP contribution in [0.25, 0.3) is 0 Å². The zero-order valence-electron chi connectivity index (χ0n) is 13.2. The van der Waals surface area contributed by atoms with Gasteiger partial charge in [-0.1, -0.05) is 23.2 Å². The third-order valence-corrected chi connectivity index (χ3v) is 4.86. The number of hydrogen-bond acceptors (Lipinski definition) is 3. The number of anilines is 1. The summed E-state index contributed by atoms with van der Waals surface area (Å²) in [6.45, 7) is 2.62. The molecule has 1 aromatic carbocycles. The summed E-state index contributed by atoms with van der Waals surface area (Å²) >= 11 is 12.2. The average Bonchev–Trinajstić information content (AvgIpc) is 2.42. The second-order valence-electron chi connectivity index (χ2n) is 5.87. The van der Waals surface area contributed by atoms with E-state index in [9.17, 15) is 4.79 Å². The lowest BCUT2D eigenvalue weighted by Gasteiger charge is -2.43. The van der Waals surface area contributed by atoms with E-state index in [4.69, 9.17) is 23.2 Å². The largest absolute Gasteiger partial charge is 0.366 e. The minimum Gasteiger partial charge on any atom is -0.366 e. The van der Waals surface area contributed by atoms with Crippen LogP contribution in [0.5, 0.6) is 0 Å². The fraction of sp³-hybridized carbons (Fsp3) is 0.562. The molecule has 22 heavy (non-hydrogen) atoms. The van der Waals surface area contributed by atoms with E-state index in [2.05, 4.69) is 4.90 Å². The van der Waals surface area contributed by atoms with Crippen LogP contribution in [0, 0.1) is 0 Å². The molecule has 0 aliphatic carbocycles. The number of piperidine rings is 1. The predicted octanol–water partition coefficient (Wildman–Crippen LogP) is 4.29. The number of carbonyl (C=O) groups excluding carboxylic acids is 1. The lowest BCUT2D eigenvalue weighted by molar-refractivity contribution is -0.122. The summed E-state index contributed by atoms with van der Waals surface area (Å²) < 4.78 is 0. The van der Waals surface area contributed by atoms with Crippen LogP contribution in [0.3, 0.4) is 0 Å². The quantitative estimate of drug-likeness (QED) is 0.795. The molecule has 1 heterocycles. The van der Waals surface area contributed by atoms with Gasteiger partial charge < -0.3 is 4.90 Å². The number of hydrogen-bond donors (Lipinski definition) is 0. The van der Waals surface area contributed by atoms with E-state index in [1.165, 1.54) is 0 Å². The molecule has 0 aromatic heterocycles. The third-order valence-electron chi connectivity index (χ3n) is 4.12. The number of halogens is 3. The fourth-order valence-electron chi connectivity index (χ4n) is 3.25. The van der Waals surface area contributed by atoms with Crippen molar-refractivity contribution < 1.29 is 4.79 Å². The number of ketones is 1. The van der Waals surface area contributed by atoms with Crippen LogP contribution >= 0.6 is 35.6 Å². The molecule has 2 rings (SSSR count). The molecule has 1 aromatic rings. The van der Waals surface area contributed by atoms with E-state index in [-0.39, 0.29) is 30.3 Å². The Hall–Kier alpha value is -0.480. The molecule has 1 saturated heterocycles. The van der Waals surface area contributed by atoms with Crippen molar-refractivity contribution in [2.75, 3.05) is 25.5 Å². The van der Waals surface area contributed by atoms with E-state index >= 15 is 0 Å². The maximum atomic E-state index is 12.1. The van der Waals surface area contributed by atoms with Crippen LogP contribution in [-0.4, -0.2) is 43.4 Å². The summed E-state index contributed by atoms with van der Waals surface area (Å²) in [5, 5.41) is 1.12. The van der Waals surface area contributed by atoms with Crippen LogP contribution < -0.4 is 4.90 Å². The van der Waals surface area contributed by atoms with Crippen LogP contribution in [0.4, 0.5) is 5.69 Å². The van der Waals surface area contributed by atoms with Gasteiger partial charge in [-0.15, -0.1) is 12.4 Å². The van der Waals surface area contributed by atoms with Gasteiger partial charge in [-0.05, 0) is 58.5 Å². The maximum Gasteiger partial charge on any atom is 0.148 e. The molecule has 0 radical (unpaired) electrons. The Bertz CT molecular complexity index is 522. The maximum absolute atomic E-state index is 12.1. The average molecular weight is 366 g/mol. The van der Waals surface area contributed by atoms with Gasteiger partial charge in [0, 0.05) is 12.2 Å². The Balaban J connectivity index is 0.00000242. The molecule has 124 valence electrons. The third kappa shape index (κ3) is 4.29. The van der Waals surface area contributed by atoms with Crippen molar-refractivity contribution in [2.24, 2.45) is 0 Å². The molecule has 1 fully saturated rings. The molecule has 0 bridgehead atoms. The van der Waals surface area contributed by atoms with Gasteiger partial charge in [0.2, 0.25) is 0 Å². The normalized spacial score (nSPS) is 19.7. The lowest BCUT2D eigenvalue weighted by atomic mass is 9.92. The van der Waals surface area contributed by atoms with Crippen molar-refractivity contribution in [1.82, 2.24) is 4.90 Å². The van der Waals surface area contributed by atoms with E-state index < -0.39 is 0 Å². The molecule has 0 N–H and O–H groups in total. The Labute approximate surface area is 149 Å². The van der Waals surface area contributed by atoms with Gasteiger partial charge >= 0.3 is 0 Å². The van der Waals surface area contributed by atoms with Gasteiger partial charge in [-0.25, -0.2) is 0 Å². The second-order valence-corrected chi connectivity index (χ2v) is 6.69. The zero-order chi connectivity index (χ0) is 15.6. The summed E-state index contributed by atoms with van der Waals surface area (Å²) in [5.41, 5.74) is 1.04. The molecule has 1 aliphatic rings. The molecule has 2 unspecified atom stereocenters. The first kappa shape index (κ1) is 19.6. The molecular formula is C16H23Cl3N2O. The predicted molar refractivity (Wildman–Crippen MR) is 96.9 cm³/mol. The lowest BCUT2D eigenvalue weighted by Crippen LogP contribution is -2.55. The van der Waals surface area contributed by atoms with Crippen LogP contribution in [-0.2, 0) is 4.79 Å². The first-order valence-corrected chi connectivity index (χ1v) is 8.06. The van der Waals surface area contributed by atoms with E-state index in [0.29, 0.717) is 10.0 Å². The van der Waals surface area contributed by atoms with Crippen molar-refractivity contribution in [3.05, 3.63) is 28.2 Å². The number of nitrogens with zero attached hydrogens (tertiary/aromatic N) is 2. The fourth-order valence-corrected chi connectivity index (χ4v) is 3.54. The number of benzene rings is 1. The SMILES string of the molecule is CC(=O)C(C1CCCCN1c1ccc(Cl)c(Cl)c1)N(C)C.Cl. The summed E-state index contributed by atoms with van der Waals surface area (Å²) in [6.07, 6.45) is 3.30. The number of likely N-dealkylation sites (N-methyl/N-ethyl adjacent to an activating group) is 1. The first-order valence-electron chi connectivity index (χ1n) is 7.30. The van der Waals surface area contributed by atoms with Crippen molar-refractivity contribution >= 4 is 47.1 Å². The second kappa shape index (κ2) is 8.39. The Kier molecular flexibility index (Phi) is 7.47. The van der Waals surface area contributed by atoms with Crippen molar-refractivity contribution in [3.63, 3.8) is 0 Å². The van der Waals surface area contributed by atoms with E-state index in [1.807, 2.05) is 37.2 Å². The van der Waals surface area contributed by atoms with Crippen LogP contribution in [0.2, 0.25) is 10.0 Å². The molecule has 0 saturated carbocycles. The molecule has 2 atom stereocenters. The van der Waals surface area contributed by atoms with Crippen molar-refractivity contribution in [2.45, 2.75) is 38.3 Å². The topological polar surface area (TPSA) is 23.6 Å². The highest BCUT2D eigenvalue weighted by molar-refractivity contribution is 6.42. The first-order chi connectivity index (χ1) is 9.91. The molecule has 1 aliphatic heterocycles. The minimum atomic E-state index is -0.0975. The summed E-state index contributed by atoms with van der Waals surface area (Å²) in [6, 6.07) is 5.79. The number of rotatable bonds is 4. The van der Waals surface area contributed by atoms with Crippen molar-refractivity contribution in [1.29, 1.82) is 0 Å². The van der Waals surface area contributed by atoms with Gasteiger partial charge in [0.05, 0.1) is 22.1 Å². The standard InChI is InChI=1S/C16H22Cl2N2O.ClH/c1-11(21)16(19(2)3)15-6-4-5-9-20(15)12-7-8-13(17)14(18)10-12;/h7-8,10,15-16H,4-6,9H2,1-3H3;1H. The number of Topliss-reactive ketones (excluding diaryl/α,β-unsaturated/α-hetero) is 1. The number of carbonyl (C=O) groups is 1. The summed E-state index contributed by atoms with van der Waals surface area (Å²) in [5.74, 6) is 0.206. The van der Waals surface area contributed by atoms with Crippen LogP contribution in [0.1, 0.15) is 26.2 Å². The van der Waals surface area contributed by atoms with Gasteiger partial charge in [-0.2, -0.15) is 0 Å². The monoisotopic (exact) mass is 364 g/mol. The highest BCUT2D eigenvalue weighted by Gasteiger charge is 2.34. The smallest absolute Gasteiger partial charge is 0.148 e. The van der Waals surface area contributed by atoms with Gasteiger partial charge in [0.15, 0.2) is 0 Å². The summed E-state index contributed by atoms with van der Waals surface area (Å²) in [7, 11) is 3.93. The highest BCUT2D eigenvalue weighted by atomic mass is 35.5.